The van der Waals surface area contributed by atoms with E-state index >= 15 is 0 Å². The molecule has 0 spiro atoms. The normalized spacial score (nSPS) is 12.0. The Hall–Kier alpha value is -1.59. The zero-order chi connectivity index (χ0) is 48.8. The fourth-order valence-electron chi connectivity index (χ4n) is 9.46. The minimum atomic E-state index is -0.762. The Morgan fingerprint density at radius 2 is 0.493 bits per heavy atom. The molecule has 0 N–H and O–H groups in total. The van der Waals surface area contributed by atoms with Crippen LogP contribution in [0, 0.1) is 5.92 Å². The molecule has 0 fully saturated rings. The molecular formula is C61H118O6. The molecule has 0 radical (unpaired) electrons. The smallest absolute Gasteiger partial charge is 0.306 e. The molecule has 0 amide bonds. The molecule has 0 heterocycles. The summed E-state index contributed by atoms with van der Waals surface area (Å²) in [6.07, 6.45) is 61.0. The molecule has 0 aliphatic heterocycles. The van der Waals surface area contributed by atoms with Gasteiger partial charge in [-0.05, 0) is 25.2 Å². The predicted molar refractivity (Wildman–Crippen MR) is 289 cm³/mol. The number of esters is 3. The maximum Gasteiger partial charge on any atom is 0.306 e. The summed E-state index contributed by atoms with van der Waals surface area (Å²) < 4.78 is 16.9. The van der Waals surface area contributed by atoms with E-state index in [9.17, 15) is 14.4 Å². The van der Waals surface area contributed by atoms with Crippen molar-refractivity contribution in [2.24, 2.45) is 5.92 Å². The summed E-state index contributed by atoms with van der Waals surface area (Å²) in [5.74, 6) is -0.00761. The molecule has 0 aromatic carbocycles. The van der Waals surface area contributed by atoms with Crippen LogP contribution in [-0.2, 0) is 28.6 Å². The summed E-state index contributed by atoms with van der Waals surface area (Å²) in [5, 5.41) is 0. The van der Waals surface area contributed by atoms with Crippen molar-refractivity contribution in [1.29, 1.82) is 0 Å². The van der Waals surface area contributed by atoms with Gasteiger partial charge < -0.3 is 14.2 Å². The molecule has 6 nitrogen and oxygen atoms in total. The van der Waals surface area contributed by atoms with Crippen molar-refractivity contribution >= 4 is 17.9 Å². The zero-order valence-electron chi connectivity index (χ0n) is 45.9. The Morgan fingerprint density at radius 1 is 0.284 bits per heavy atom. The van der Waals surface area contributed by atoms with Crippen LogP contribution < -0.4 is 0 Å². The highest BCUT2D eigenvalue weighted by Crippen LogP contribution is 2.18. The molecule has 1 atom stereocenters. The number of unbranched alkanes of at least 4 members (excludes halogenated alkanes) is 43. The van der Waals surface area contributed by atoms with Crippen LogP contribution in [0.25, 0.3) is 0 Å². The Labute approximate surface area is 418 Å². The fraction of sp³-hybridized carbons (Fsp3) is 0.951. The van der Waals surface area contributed by atoms with E-state index in [1.54, 1.807) is 0 Å². The first kappa shape index (κ1) is 65.4. The van der Waals surface area contributed by atoms with Crippen LogP contribution in [0.5, 0.6) is 0 Å². The van der Waals surface area contributed by atoms with Crippen LogP contribution in [-0.4, -0.2) is 37.2 Å². The van der Waals surface area contributed by atoms with Gasteiger partial charge in [-0.25, -0.2) is 0 Å². The van der Waals surface area contributed by atoms with Gasteiger partial charge in [-0.1, -0.05) is 310 Å². The van der Waals surface area contributed by atoms with Gasteiger partial charge in [-0.2, -0.15) is 0 Å². The molecule has 0 aromatic rings. The lowest BCUT2D eigenvalue weighted by molar-refractivity contribution is -0.167. The van der Waals surface area contributed by atoms with Gasteiger partial charge in [0.15, 0.2) is 6.10 Å². The number of ether oxygens (including phenoxy) is 3. The molecule has 398 valence electrons. The van der Waals surface area contributed by atoms with Crippen LogP contribution in [0.4, 0.5) is 0 Å². The van der Waals surface area contributed by atoms with Gasteiger partial charge in [-0.15, -0.1) is 0 Å². The van der Waals surface area contributed by atoms with Gasteiger partial charge in [0.2, 0.25) is 0 Å². The lowest BCUT2D eigenvalue weighted by Gasteiger charge is -2.18. The van der Waals surface area contributed by atoms with Crippen LogP contribution >= 0.6 is 0 Å². The SMILES string of the molecule is CCCCCCCCCCCCCCCCCCCCC(=O)OC[C@H](COC(=O)CCCCCCCCCCCCCCCCCCC)OC(=O)CCCCCCCCCCCCCC(C)C. The van der Waals surface area contributed by atoms with Gasteiger partial charge >= 0.3 is 17.9 Å². The number of hydrogen-bond acceptors (Lipinski definition) is 6. The largest absolute Gasteiger partial charge is 0.462 e. The lowest BCUT2D eigenvalue weighted by Crippen LogP contribution is -2.30. The summed E-state index contributed by atoms with van der Waals surface area (Å²) in [6.45, 7) is 9.07. The summed E-state index contributed by atoms with van der Waals surface area (Å²) in [7, 11) is 0. The van der Waals surface area contributed by atoms with Crippen molar-refractivity contribution in [3.8, 4) is 0 Å². The molecule has 6 heteroatoms. The topological polar surface area (TPSA) is 78.9 Å². The van der Waals surface area contributed by atoms with E-state index in [0.717, 1.165) is 63.7 Å². The van der Waals surface area contributed by atoms with Crippen molar-refractivity contribution < 1.29 is 28.6 Å². The molecule has 0 aliphatic rings. The minimum absolute atomic E-state index is 0.0618. The van der Waals surface area contributed by atoms with Gasteiger partial charge in [0.05, 0.1) is 0 Å². The number of rotatable bonds is 56. The molecule has 0 unspecified atom stereocenters. The maximum absolute atomic E-state index is 12.9. The standard InChI is InChI=1S/C61H118O6/c1-5-7-9-11-13-15-17-19-21-23-25-27-29-33-37-41-45-49-53-60(63)66-56-58(67-61(64)54-50-46-42-38-34-30-31-35-39-43-47-51-57(3)4)55-65-59(62)52-48-44-40-36-32-28-26-24-22-20-18-16-14-12-10-8-6-2/h57-58H,5-56H2,1-4H3/t58-/m0/s1. The van der Waals surface area contributed by atoms with Crippen LogP contribution in [0.1, 0.15) is 349 Å². The number of carbonyl (C=O) groups is 3. The van der Waals surface area contributed by atoms with Crippen molar-refractivity contribution in [2.75, 3.05) is 13.2 Å². The van der Waals surface area contributed by atoms with E-state index in [4.69, 9.17) is 14.2 Å². The molecule has 0 aromatic heterocycles. The quantitative estimate of drug-likeness (QED) is 0.0343. The van der Waals surface area contributed by atoms with Crippen LogP contribution in [0.2, 0.25) is 0 Å². The van der Waals surface area contributed by atoms with Crippen LogP contribution in [0.3, 0.4) is 0 Å². The van der Waals surface area contributed by atoms with Gasteiger partial charge in [-0.3, -0.25) is 14.4 Å². The second-order valence-corrected chi connectivity index (χ2v) is 21.5. The summed E-state index contributed by atoms with van der Waals surface area (Å²) in [5.41, 5.74) is 0. The third-order valence-electron chi connectivity index (χ3n) is 14.0. The van der Waals surface area contributed by atoms with Gasteiger partial charge in [0.1, 0.15) is 13.2 Å². The summed E-state index contributed by atoms with van der Waals surface area (Å²) in [6, 6.07) is 0. The van der Waals surface area contributed by atoms with E-state index in [1.807, 2.05) is 0 Å². The predicted octanol–water partition coefficient (Wildman–Crippen LogP) is 20.2. The highest BCUT2D eigenvalue weighted by atomic mass is 16.6. The van der Waals surface area contributed by atoms with Crippen molar-refractivity contribution in [3.05, 3.63) is 0 Å². The summed E-state index contributed by atoms with van der Waals surface area (Å²) in [4.78, 5) is 38.2. The Bertz CT molecular complexity index is 1010. The third-order valence-corrected chi connectivity index (χ3v) is 14.0. The highest BCUT2D eigenvalue weighted by Gasteiger charge is 2.19. The van der Waals surface area contributed by atoms with Gasteiger partial charge in [0, 0.05) is 19.3 Å². The minimum Gasteiger partial charge on any atom is -0.462 e. The molecule has 0 rings (SSSR count). The maximum atomic E-state index is 12.9. The second kappa shape index (κ2) is 55.3. The van der Waals surface area contributed by atoms with E-state index in [0.29, 0.717) is 19.3 Å². The average Bonchev–Trinajstić information content (AvgIpc) is 3.31. The third kappa shape index (κ3) is 55.2. The van der Waals surface area contributed by atoms with E-state index in [-0.39, 0.29) is 31.1 Å². The molecular weight excluding hydrogens is 829 g/mol. The zero-order valence-corrected chi connectivity index (χ0v) is 45.9. The number of hydrogen-bond donors (Lipinski definition) is 0. The van der Waals surface area contributed by atoms with Crippen LogP contribution in [0.15, 0.2) is 0 Å². The van der Waals surface area contributed by atoms with E-state index < -0.39 is 6.10 Å². The molecule has 67 heavy (non-hydrogen) atoms. The summed E-state index contributed by atoms with van der Waals surface area (Å²) >= 11 is 0. The van der Waals surface area contributed by atoms with Crippen molar-refractivity contribution in [1.82, 2.24) is 0 Å². The molecule has 0 saturated heterocycles. The molecule has 0 bridgehead atoms. The first-order valence-electron chi connectivity index (χ1n) is 30.4. The Balaban J connectivity index is 4.27. The fourth-order valence-corrected chi connectivity index (χ4v) is 9.46. The van der Waals surface area contributed by atoms with Gasteiger partial charge in [0.25, 0.3) is 0 Å². The molecule has 0 aliphatic carbocycles. The van der Waals surface area contributed by atoms with E-state index in [2.05, 4.69) is 27.7 Å². The lowest BCUT2D eigenvalue weighted by atomic mass is 10.0. The monoisotopic (exact) mass is 947 g/mol. The Morgan fingerprint density at radius 3 is 0.731 bits per heavy atom. The first-order valence-corrected chi connectivity index (χ1v) is 30.4. The molecule has 0 saturated carbocycles. The number of carbonyl (C=O) groups excluding carboxylic acids is 3. The highest BCUT2D eigenvalue weighted by molar-refractivity contribution is 5.71. The van der Waals surface area contributed by atoms with Crippen molar-refractivity contribution in [3.63, 3.8) is 0 Å². The van der Waals surface area contributed by atoms with Crippen molar-refractivity contribution in [2.45, 2.75) is 355 Å². The first-order chi connectivity index (χ1) is 32.9. The second-order valence-electron chi connectivity index (χ2n) is 21.5. The van der Waals surface area contributed by atoms with E-state index in [1.165, 1.54) is 244 Å². The Kier molecular flexibility index (Phi) is 54.0. The average molecular weight is 948 g/mol.